The van der Waals surface area contributed by atoms with Crippen LogP contribution in [0.3, 0.4) is 0 Å². The smallest absolute Gasteiger partial charge is 0.154 e. The van der Waals surface area contributed by atoms with Gasteiger partial charge < -0.3 is 9.47 Å². The van der Waals surface area contributed by atoms with Crippen molar-refractivity contribution in [2.24, 2.45) is 11.8 Å². The number of methoxy groups -OCH3 is 1. The summed E-state index contributed by atoms with van der Waals surface area (Å²) in [6.07, 6.45) is 5.65. The molecule has 0 aromatic rings. The number of allylic oxidation sites excluding steroid dienone is 1. The molecule has 0 amide bonds. The van der Waals surface area contributed by atoms with Crippen molar-refractivity contribution in [1.82, 2.24) is 0 Å². The van der Waals surface area contributed by atoms with Crippen molar-refractivity contribution >= 4 is 0 Å². The van der Waals surface area contributed by atoms with Crippen molar-refractivity contribution in [3.05, 3.63) is 12.7 Å². The first-order chi connectivity index (χ1) is 7.97. The monoisotopic (exact) mass is 244 g/mol. The van der Waals surface area contributed by atoms with Gasteiger partial charge >= 0.3 is 0 Å². The number of hydrogen-bond acceptors (Lipinski definition) is 2. The summed E-state index contributed by atoms with van der Waals surface area (Å²) in [7, 11) is 1.64. The Hall–Kier alpha value is -0.340. The van der Waals surface area contributed by atoms with Crippen LogP contribution in [0.25, 0.3) is 0 Å². The lowest BCUT2D eigenvalue weighted by atomic mass is 10.00. The molecule has 0 bridgehead atoms. The third-order valence-corrected chi connectivity index (χ3v) is 2.49. The van der Waals surface area contributed by atoms with Crippen LogP contribution in [-0.4, -0.2) is 20.0 Å². The minimum atomic E-state index is -0.0463. The van der Waals surface area contributed by atoms with Gasteiger partial charge in [0, 0.05) is 13.7 Å². The molecule has 0 heterocycles. The molecule has 0 aromatic heterocycles. The molecular weight excluding hydrogens is 212 g/mol. The lowest BCUT2D eigenvalue weighted by Gasteiger charge is -2.08. The first-order valence-electron chi connectivity index (χ1n) is 6.74. The van der Waals surface area contributed by atoms with Gasteiger partial charge in [-0.2, -0.15) is 0 Å². The van der Waals surface area contributed by atoms with Gasteiger partial charge in [-0.1, -0.05) is 40.2 Å². The predicted molar refractivity (Wildman–Crippen MR) is 76.1 cm³/mol. The second-order valence-corrected chi connectivity index (χ2v) is 4.86. The highest BCUT2D eigenvalue weighted by atomic mass is 16.7. The highest BCUT2D eigenvalue weighted by molar-refractivity contribution is 4.74. The van der Waals surface area contributed by atoms with Crippen molar-refractivity contribution in [3.8, 4) is 0 Å². The van der Waals surface area contributed by atoms with Crippen LogP contribution in [0.15, 0.2) is 12.7 Å². The molecule has 0 fully saturated rings. The number of rotatable bonds is 8. The van der Waals surface area contributed by atoms with Gasteiger partial charge in [-0.05, 0) is 31.6 Å². The molecule has 2 heteroatoms. The first kappa shape index (κ1) is 19.0. The van der Waals surface area contributed by atoms with E-state index >= 15 is 0 Å². The van der Waals surface area contributed by atoms with Gasteiger partial charge in [-0.3, -0.25) is 0 Å². The Bertz CT molecular complexity index is 155. The molecule has 104 valence electrons. The van der Waals surface area contributed by atoms with Crippen molar-refractivity contribution in [2.45, 2.75) is 60.2 Å². The van der Waals surface area contributed by atoms with E-state index in [1.807, 2.05) is 13.0 Å². The minimum absolute atomic E-state index is 0.0463. The fraction of sp³-hybridized carbons (Fsp3) is 0.867. The summed E-state index contributed by atoms with van der Waals surface area (Å²) < 4.78 is 9.95. The van der Waals surface area contributed by atoms with E-state index in [0.29, 0.717) is 5.92 Å². The molecule has 0 radical (unpaired) electrons. The Labute approximate surface area is 108 Å². The third-order valence-electron chi connectivity index (χ3n) is 2.49. The third kappa shape index (κ3) is 18.2. The molecule has 2 nitrogen and oxygen atoms in total. The van der Waals surface area contributed by atoms with Gasteiger partial charge in [-0.15, -0.1) is 6.58 Å². The fourth-order valence-electron chi connectivity index (χ4n) is 1.07. The molecule has 2 atom stereocenters. The van der Waals surface area contributed by atoms with Crippen LogP contribution in [0.1, 0.15) is 53.9 Å². The van der Waals surface area contributed by atoms with Gasteiger partial charge in [0.1, 0.15) is 0 Å². The second kappa shape index (κ2) is 13.7. The van der Waals surface area contributed by atoms with Crippen LogP contribution in [0.5, 0.6) is 0 Å². The lowest BCUT2D eigenvalue weighted by Crippen LogP contribution is -2.10. The largest absolute Gasteiger partial charge is 0.356 e. The molecule has 0 aliphatic heterocycles. The quantitative estimate of drug-likeness (QED) is 0.457. The SMILES string of the molecule is C=CC(C)CCC(C)C.CCCOC(C)OC. The normalized spacial score (nSPS) is 13.8. The molecule has 0 aliphatic carbocycles. The molecule has 17 heavy (non-hydrogen) atoms. The van der Waals surface area contributed by atoms with E-state index in [9.17, 15) is 0 Å². The van der Waals surface area contributed by atoms with Crippen LogP contribution in [-0.2, 0) is 9.47 Å². The Balaban J connectivity index is 0. The van der Waals surface area contributed by atoms with Crippen LogP contribution in [0.4, 0.5) is 0 Å². The van der Waals surface area contributed by atoms with Crippen molar-refractivity contribution in [2.75, 3.05) is 13.7 Å². The highest BCUT2D eigenvalue weighted by Crippen LogP contribution is 2.11. The standard InChI is InChI=1S/C9H18.C6H14O2/c1-5-9(4)7-6-8(2)3;1-4-5-8-6(2)7-3/h5,8-9H,1,6-7H2,2-4H3;6H,4-5H2,1-3H3. The summed E-state index contributed by atoms with van der Waals surface area (Å²) in [6.45, 7) is 15.2. The van der Waals surface area contributed by atoms with E-state index in [4.69, 9.17) is 9.47 Å². The van der Waals surface area contributed by atoms with Crippen LogP contribution >= 0.6 is 0 Å². The van der Waals surface area contributed by atoms with Crippen LogP contribution in [0, 0.1) is 11.8 Å². The Morgan fingerprint density at radius 1 is 1.12 bits per heavy atom. The van der Waals surface area contributed by atoms with Gasteiger partial charge in [0.05, 0.1) is 0 Å². The number of ether oxygens (including phenoxy) is 2. The molecule has 2 unspecified atom stereocenters. The predicted octanol–water partition coefficient (Wildman–Crippen LogP) is 4.65. The Morgan fingerprint density at radius 3 is 2.06 bits per heavy atom. The maximum Gasteiger partial charge on any atom is 0.154 e. The lowest BCUT2D eigenvalue weighted by molar-refractivity contribution is -0.110. The zero-order chi connectivity index (χ0) is 13.7. The molecule has 0 saturated heterocycles. The van der Waals surface area contributed by atoms with Gasteiger partial charge in [-0.25, -0.2) is 0 Å². The summed E-state index contributed by atoms with van der Waals surface area (Å²) in [5.74, 6) is 1.54. The summed E-state index contributed by atoms with van der Waals surface area (Å²) in [5, 5.41) is 0. The zero-order valence-corrected chi connectivity index (χ0v) is 12.7. The van der Waals surface area contributed by atoms with E-state index in [0.717, 1.165) is 18.9 Å². The summed E-state index contributed by atoms with van der Waals surface area (Å²) in [6, 6.07) is 0. The molecule has 0 rings (SSSR count). The van der Waals surface area contributed by atoms with Crippen LogP contribution in [0.2, 0.25) is 0 Å². The van der Waals surface area contributed by atoms with Gasteiger partial charge in [0.2, 0.25) is 0 Å². The van der Waals surface area contributed by atoms with Crippen molar-refractivity contribution in [1.29, 1.82) is 0 Å². The van der Waals surface area contributed by atoms with E-state index in [2.05, 4.69) is 34.3 Å². The van der Waals surface area contributed by atoms with E-state index < -0.39 is 0 Å². The number of hydrogen-bond donors (Lipinski definition) is 0. The van der Waals surface area contributed by atoms with Crippen molar-refractivity contribution in [3.63, 3.8) is 0 Å². The molecular formula is C15H32O2. The Morgan fingerprint density at radius 2 is 1.71 bits per heavy atom. The molecule has 0 saturated carbocycles. The molecule has 0 spiro atoms. The average Bonchev–Trinajstić information content (AvgIpc) is 2.33. The summed E-state index contributed by atoms with van der Waals surface area (Å²) in [4.78, 5) is 0. The molecule has 0 N–H and O–H groups in total. The maximum absolute atomic E-state index is 5.12. The molecule has 0 aliphatic rings. The maximum atomic E-state index is 5.12. The zero-order valence-electron chi connectivity index (χ0n) is 12.7. The Kier molecular flexibility index (Phi) is 15.3. The molecule has 0 aromatic carbocycles. The fourth-order valence-corrected chi connectivity index (χ4v) is 1.07. The van der Waals surface area contributed by atoms with Gasteiger partial charge in [0.15, 0.2) is 6.29 Å². The van der Waals surface area contributed by atoms with E-state index in [-0.39, 0.29) is 6.29 Å². The van der Waals surface area contributed by atoms with E-state index in [1.54, 1.807) is 7.11 Å². The van der Waals surface area contributed by atoms with Crippen LogP contribution < -0.4 is 0 Å². The van der Waals surface area contributed by atoms with E-state index in [1.165, 1.54) is 12.8 Å². The first-order valence-corrected chi connectivity index (χ1v) is 6.74. The van der Waals surface area contributed by atoms with Crippen molar-refractivity contribution < 1.29 is 9.47 Å². The highest BCUT2D eigenvalue weighted by Gasteiger charge is 1.97. The topological polar surface area (TPSA) is 18.5 Å². The average molecular weight is 244 g/mol. The summed E-state index contributed by atoms with van der Waals surface area (Å²) in [5.41, 5.74) is 0. The minimum Gasteiger partial charge on any atom is -0.356 e. The van der Waals surface area contributed by atoms with Gasteiger partial charge in [0.25, 0.3) is 0 Å². The second-order valence-electron chi connectivity index (χ2n) is 4.86. The summed E-state index contributed by atoms with van der Waals surface area (Å²) >= 11 is 0.